The van der Waals surface area contributed by atoms with Gasteiger partial charge < -0.3 is 14.8 Å². The Bertz CT molecular complexity index is 435. The summed E-state index contributed by atoms with van der Waals surface area (Å²) in [6, 6.07) is 10.7. The summed E-state index contributed by atoms with van der Waals surface area (Å²) in [5.41, 5.74) is 1.30. The molecule has 18 heavy (non-hydrogen) atoms. The van der Waals surface area contributed by atoms with E-state index < -0.39 is 6.09 Å². The van der Waals surface area contributed by atoms with Gasteiger partial charge in [-0.3, -0.25) is 4.90 Å². The van der Waals surface area contributed by atoms with Crippen LogP contribution in [-0.2, 0) is 6.54 Å². The molecule has 96 valence electrons. The van der Waals surface area contributed by atoms with E-state index in [-0.39, 0.29) is 0 Å². The molecule has 1 aromatic carbocycles. The van der Waals surface area contributed by atoms with Crippen molar-refractivity contribution in [2.24, 2.45) is 5.92 Å². The van der Waals surface area contributed by atoms with E-state index in [1.54, 1.807) is 0 Å². The molecule has 2 aliphatic rings. The summed E-state index contributed by atoms with van der Waals surface area (Å²) in [5, 5.41) is 10.9. The number of amides is 1. The quantitative estimate of drug-likeness (QED) is 0.764. The Morgan fingerprint density at radius 1 is 1.28 bits per heavy atom. The second kappa shape index (κ2) is 4.61. The first-order valence-electron chi connectivity index (χ1n) is 6.48. The Morgan fingerprint density at radius 3 is 2.78 bits per heavy atom. The fraction of sp³-hybridized carbons (Fsp3) is 0.500. The van der Waals surface area contributed by atoms with Crippen molar-refractivity contribution in [2.75, 3.05) is 19.6 Å². The molecular weight excluding hydrogens is 228 g/mol. The summed E-state index contributed by atoms with van der Waals surface area (Å²) in [6.45, 7) is 3.26. The normalized spacial score (nSPS) is 27.4. The highest BCUT2D eigenvalue weighted by molar-refractivity contribution is 5.63. The van der Waals surface area contributed by atoms with Gasteiger partial charge in [-0.2, -0.15) is 0 Å². The van der Waals surface area contributed by atoms with Crippen LogP contribution in [0, 0.1) is 5.92 Å². The number of fused-ring (bicyclic) bond motifs is 1. The molecule has 2 aliphatic heterocycles. The molecule has 1 amide bonds. The van der Waals surface area contributed by atoms with Gasteiger partial charge in [0.1, 0.15) is 6.09 Å². The number of hydrogen-bond acceptors (Lipinski definition) is 3. The summed E-state index contributed by atoms with van der Waals surface area (Å²) in [5.74, 6) is 0.492. The lowest BCUT2D eigenvalue weighted by Crippen LogP contribution is -2.42. The first kappa shape index (κ1) is 11.5. The zero-order chi connectivity index (χ0) is 12.5. The molecule has 2 fully saturated rings. The van der Waals surface area contributed by atoms with E-state index in [2.05, 4.69) is 17.0 Å². The molecule has 2 saturated heterocycles. The first-order chi connectivity index (χ1) is 8.74. The van der Waals surface area contributed by atoms with Gasteiger partial charge in [-0.05, 0) is 24.4 Å². The standard InChI is InChI=1S/C14H18N2O2/c17-14(18)16-9-12-6-7-15(13(12)10-16)8-11-4-2-1-3-5-11/h1-5,12-13H,6-10H2,(H,17,18)/p-1. The average Bonchev–Trinajstić information content (AvgIpc) is 2.93. The van der Waals surface area contributed by atoms with E-state index in [0.29, 0.717) is 25.0 Å². The van der Waals surface area contributed by atoms with E-state index in [1.165, 1.54) is 10.5 Å². The minimum absolute atomic E-state index is 0.378. The molecule has 0 aliphatic carbocycles. The lowest BCUT2D eigenvalue weighted by molar-refractivity contribution is -0.264. The summed E-state index contributed by atoms with van der Waals surface area (Å²) < 4.78 is 0. The maximum absolute atomic E-state index is 10.9. The van der Waals surface area contributed by atoms with Crippen LogP contribution in [0.4, 0.5) is 4.79 Å². The third kappa shape index (κ3) is 2.08. The SMILES string of the molecule is O=C([O-])N1CC2CCN(Cc3ccccc3)C2C1. The largest absolute Gasteiger partial charge is 0.530 e. The predicted molar refractivity (Wildman–Crippen MR) is 65.7 cm³/mol. The number of hydrogen-bond donors (Lipinski definition) is 0. The zero-order valence-electron chi connectivity index (χ0n) is 10.3. The van der Waals surface area contributed by atoms with Gasteiger partial charge in [0.05, 0.1) is 0 Å². The van der Waals surface area contributed by atoms with E-state index in [1.807, 2.05) is 18.2 Å². The maximum Gasteiger partial charge on any atom is 0.136 e. The minimum atomic E-state index is -1.02. The maximum atomic E-state index is 10.9. The molecule has 4 nitrogen and oxygen atoms in total. The lowest BCUT2D eigenvalue weighted by atomic mass is 10.0. The van der Waals surface area contributed by atoms with Gasteiger partial charge in [-0.25, -0.2) is 0 Å². The fourth-order valence-electron chi connectivity index (χ4n) is 3.21. The van der Waals surface area contributed by atoms with Gasteiger partial charge in [0, 0.05) is 25.7 Å². The van der Waals surface area contributed by atoms with Crippen LogP contribution in [0.1, 0.15) is 12.0 Å². The van der Waals surface area contributed by atoms with E-state index in [4.69, 9.17) is 0 Å². The molecule has 4 heteroatoms. The average molecular weight is 245 g/mol. The fourth-order valence-corrected chi connectivity index (χ4v) is 3.21. The van der Waals surface area contributed by atoms with Crippen molar-refractivity contribution in [3.05, 3.63) is 35.9 Å². The van der Waals surface area contributed by atoms with Crippen molar-refractivity contribution in [1.82, 2.24) is 9.80 Å². The Kier molecular flexibility index (Phi) is 2.96. The molecule has 2 atom stereocenters. The topological polar surface area (TPSA) is 46.6 Å². The van der Waals surface area contributed by atoms with Crippen LogP contribution < -0.4 is 5.11 Å². The highest BCUT2D eigenvalue weighted by Gasteiger charge is 2.40. The Labute approximate surface area is 107 Å². The molecule has 0 N–H and O–H groups in total. The Hall–Kier alpha value is -1.55. The van der Waals surface area contributed by atoms with Crippen LogP contribution >= 0.6 is 0 Å². The molecular formula is C14H17N2O2-. The Balaban J connectivity index is 1.67. The molecule has 0 spiro atoms. The molecule has 0 saturated carbocycles. The van der Waals surface area contributed by atoms with Crippen molar-refractivity contribution in [2.45, 2.75) is 19.0 Å². The number of rotatable bonds is 2. The number of nitrogens with zero attached hydrogens (tertiary/aromatic N) is 2. The molecule has 3 rings (SSSR count). The summed E-state index contributed by atoms with van der Waals surface area (Å²) in [4.78, 5) is 14.8. The summed E-state index contributed by atoms with van der Waals surface area (Å²) >= 11 is 0. The van der Waals surface area contributed by atoms with Crippen molar-refractivity contribution in [3.63, 3.8) is 0 Å². The summed E-state index contributed by atoms with van der Waals surface area (Å²) in [7, 11) is 0. The second-order valence-electron chi connectivity index (χ2n) is 5.24. The minimum Gasteiger partial charge on any atom is -0.530 e. The smallest absolute Gasteiger partial charge is 0.136 e. The lowest BCUT2D eigenvalue weighted by Gasteiger charge is -2.25. The number of benzene rings is 1. The summed E-state index contributed by atoms with van der Waals surface area (Å²) in [6.07, 6.45) is 0.0745. The highest BCUT2D eigenvalue weighted by Crippen LogP contribution is 2.32. The predicted octanol–water partition coefficient (Wildman–Crippen LogP) is 0.536. The van der Waals surface area contributed by atoms with Crippen LogP contribution in [-0.4, -0.2) is 41.6 Å². The molecule has 0 bridgehead atoms. The van der Waals surface area contributed by atoms with Crippen molar-refractivity contribution < 1.29 is 9.90 Å². The Morgan fingerprint density at radius 2 is 2.06 bits per heavy atom. The third-order valence-electron chi connectivity index (χ3n) is 4.15. The number of carbonyl (C=O) groups excluding carboxylic acids is 1. The number of likely N-dealkylation sites (tertiary alicyclic amines) is 2. The second-order valence-corrected chi connectivity index (χ2v) is 5.24. The van der Waals surface area contributed by atoms with Crippen LogP contribution in [0.25, 0.3) is 0 Å². The van der Waals surface area contributed by atoms with E-state index in [9.17, 15) is 9.90 Å². The van der Waals surface area contributed by atoms with E-state index in [0.717, 1.165) is 19.5 Å². The van der Waals surface area contributed by atoms with Crippen molar-refractivity contribution >= 4 is 6.09 Å². The highest BCUT2D eigenvalue weighted by atomic mass is 16.4. The van der Waals surface area contributed by atoms with Crippen LogP contribution in [0.2, 0.25) is 0 Å². The van der Waals surface area contributed by atoms with Crippen LogP contribution in [0.15, 0.2) is 30.3 Å². The van der Waals surface area contributed by atoms with Gasteiger partial charge in [-0.15, -0.1) is 0 Å². The van der Waals surface area contributed by atoms with E-state index >= 15 is 0 Å². The van der Waals surface area contributed by atoms with Crippen LogP contribution in [0.3, 0.4) is 0 Å². The first-order valence-corrected chi connectivity index (χ1v) is 6.48. The monoisotopic (exact) mass is 245 g/mol. The van der Waals surface area contributed by atoms with Crippen molar-refractivity contribution in [3.8, 4) is 0 Å². The van der Waals surface area contributed by atoms with Gasteiger partial charge in [-0.1, -0.05) is 30.3 Å². The van der Waals surface area contributed by atoms with Gasteiger partial charge >= 0.3 is 0 Å². The van der Waals surface area contributed by atoms with Gasteiger partial charge in [0.25, 0.3) is 0 Å². The molecule has 2 heterocycles. The molecule has 0 radical (unpaired) electrons. The van der Waals surface area contributed by atoms with Gasteiger partial charge in [0.15, 0.2) is 0 Å². The molecule has 0 aromatic heterocycles. The molecule has 1 aromatic rings. The third-order valence-corrected chi connectivity index (χ3v) is 4.15. The zero-order valence-corrected chi connectivity index (χ0v) is 10.3. The van der Waals surface area contributed by atoms with Crippen molar-refractivity contribution in [1.29, 1.82) is 0 Å². The molecule has 2 unspecified atom stereocenters. The van der Waals surface area contributed by atoms with Gasteiger partial charge in [0.2, 0.25) is 0 Å². The number of carboxylic acid groups (broad SMARTS) is 1. The van der Waals surface area contributed by atoms with Crippen LogP contribution in [0.5, 0.6) is 0 Å². The number of carbonyl (C=O) groups is 1.